The lowest BCUT2D eigenvalue weighted by atomic mass is 9.84. The summed E-state index contributed by atoms with van der Waals surface area (Å²) in [6, 6.07) is 0. The summed E-state index contributed by atoms with van der Waals surface area (Å²) in [6.45, 7) is -2.77. The molecule has 0 aromatic rings. The van der Waals surface area contributed by atoms with Crippen LogP contribution in [-0.4, -0.2) is 74.8 Å². The van der Waals surface area contributed by atoms with Crippen molar-refractivity contribution in [3.05, 3.63) is 0 Å². The van der Waals surface area contributed by atoms with E-state index in [1.54, 1.807) is 0 Å². The lowest BCUT2D eigenvalue weighted by Gasteiger charge is -2.42. The molecule has 0 saturated carbocycles. The molecule has 1 rings (SSSR count). The van der Waals surface area contributed by atoms with Crippen LogP contribution in [-0.2, 0) is 18.9 Å². The predicted molar refractivity (Wildman–Crippen MR) is 77.2 cm³/mol. The van der Waals surface area contributed by atoms with E-state index in [9.17, 15) is 74.6 Å². The number of halogens is 17. The van der Waals surface area contributed by atoms with Gasteiger partial charge < -0.3 is 9.47 Å². The van der Waals surface area contributed by atoms with Crippen LogP contribution in [0.1, 0.15) is 13.3 Å². The van der Waals surface area contributed by atoms with E-state index in [-0.39, 0.29) is 19.6 Å². The molecular weight excluding hydrogens is 567 g/mol. The highest BCUT2D eigenvalue weighted by Gasteiger charge is 2.85. The monoisotopic (exact) mass is 580 g/mol. The SMILES string of the molecule is CCC1(COCC(F)(OC(F)(F)C(F)(OC(F)(F)C(F)(F)C(F)(F)F)C(F)(F)F)C(F)(F)F)COC1. The Kier molecular flexibility index (Phi) is 8.57. The zero-order valence-corrected chi connectivity index (χ0v) is 17.1. The molecule has 1 saturated heterocycles. The fourth-order valence-corrected chi connectivity index (χ4v) is 2.31. The van der Waals surface area contributed by atoms with Crippen molar-refractivity contribution >= 4 is 0 Å². The minimum absolute atomic E-state index is 0.0628. The van der Waals surface area contributed by atoms with E-state index in [1.807, 2.05) is 0 Å². The van der Waals surface area contributed by atoms with Crippen LogP contribution in [0.25, 0.3) is 0 Å². The molecule has 36 heavy (non-hydrogen) atoms. The number of rotatable bonds is 11. The fourth-order valence-electron chi connectivity index (χ4n) is 2.31. The first-order valence-electron chi connectivity index (χ1n) is 8.91. The van der Waals surface area contributed by atoms with Crippen molar-refractivity contribution < 1.29 is 93.6 Å². The Hall–Kier alpha value is -1.35. The summed E-state index contributed by atoms with van der Waals surface area (Å²) >= 11 is 0. The van der Waals surface area contributed by atoms with Gasteiger partial charge >= 0.3 is 48.4 Å². The third-order valence-electron chi connectivity index (χ3n) is 4.71. The third kappa shape index (κ3) is 5.87. The van der Waals surface area contributed by atoms with Gasteiger partial charge in [-0.1, -0.05) is 6.92 Å². The molecule has 2 unspecified atom stereocenters. The highest BCUT2D eigenvalue weighted by atomic mass is 19.4. The predicted octanol–water partition coefficient (Wildman–Crippen LogP) is 6.30. The van der Waals surface area contributed by atoms with Gasteiger partial charge in [0.15, 0.2) is 0 Å². The molecule has 2 atom stereocenters. The second-order valence-electron chi connectivity index (χ2n) is 7.47. The van der Waals surface area contributed by atoms with Crippen molar-refractivity contribution in [2.24, 2.45) is 5.41 Å². The Morgan fingerprint density at radius 1 is 0.639 bits per heavy atom. The van der Waals surface area contributed by atoms with E-state index >= 15 is 0 Å². The summed E-state index contributed by atoms with van der Waals surface area (Å²) in [7, 11) is 0. The molecule has 4 nitrogen and oxygen atoms in total. The quantitative estimate of drug-likeness (QED) is 0.269. The summed E-state index contributed by atoms with van der Waals surface area (Å²) < 4.78 is 234. The van der Waals surface area contributed by atoms with E-state index in [2.05, 4.69) is 14.2 Å². The zero-order valence-electron chi connectivity index (χ0n) is 17.1. The van der Waals surface area contributed by atoms with Gasteiger partial charge in [-0.05, 0) is 6.42 Å². The summed E-state index contributed by atoms with van der Waals surface area (Å²) in [4.78, 5) is 0. The Morgan fingerprint density at radius 3 is 1.42 bits per heavy atom. The smallest absolute Gasteiger partial charge is 0.380 e. The Morgan fingerprint density at radius 2 is 1.11 bits per heavy atom. The first kappa shape index (κ1) is 32.7. The van der Waals surface area contributed by atoms with Crippen molar-refractivity contribution in [2.75, 3.05) is 26.4 Å². The molecule has 0 radical (unpaired) electrons. The Balaban J connectivity index is 3.39. The average molecular weight is 580 g/mol. The summed E-state index contributed by atoms with van der Waals surface area (Å²) in [5, 5.41) is 0. The van der Waals surface area contributed by atoms with Crippen molar-refractivity contribution in [3.63, 3.8) is 0 Å². The second-order valence-corrected chi connectivity index (χ2v) is 7.47. The number of alkyl halides is 17. The summed E-state index contributed by atoms with van der Waals surface area (Å²) in [6.07, 6.45) is -37.7. The standard InChI is InChI=1S/C15H13F17O4/c1-2-7(3-33-4-7)5-34-6-8(16,11(20,21)22)35-15(31,32)10(19,13(26,27)28)36-14(29,30)9(17,18)12(23,24)25/h2-6H2,1H3. The zero-order chi connectivity index (χ0) is 28.9. The van der Waals surface area contributed by atoms with Gasteiger partial charge in [0.1, 0.15) is 6.61 Å². The van der Waals surface area contributed by atoms with E-state index in [1.165, 1.54) is 11.7 Å². The minimum atomic E-state index is -7.90. The van der Waals surface area contributed by atoms with Gasteiger partial charge in [-0.25, -0.2) is 0 Å². The molecule has 1 fully saturated rings. The van der Waals surface area contributed by atoms with Crippen molar-refractivity contribution in [3.8, 4) is 0 Å². The molecule has 1 heterocycles. The van der Waals surface area contributed by atoms with Crippen LogP contribution >= 0.6 is 0 Å². The maximum absolute atomic E-state index is 14.3. The van der Waals surface area contributed by atoms with Gasteiger partial charge in [-0.15, -0.1) is 0 Å². The Labute approximate surface area is 188 Å². The van der Waals surface area contributed by atoms with Gasteiger partial charge in [0.05, 0.1) is 19.8 Å². The number of hydrogen-bond acceptors (Lipinski definition) is 4. The maximum atomic E-state index is 14.3. The molecule has 216 valence electrons. The van der Waals surface area contributed by atoms with E-state index in [0.29, 0.717) is 0 Å². The largest absolute Gasteiger partial charge is 0.462 e. The maximum Gasteiger partial charge on any atom is 0.462 e. The molecular formula is C15H13F17O4. The van der Waals surface area contributed by atoms with Crippen LogP contribution in [0.2, 0.25) is 0 Å². The highest BCUT2D eigenvalue weighted by Crippen LogP contribution is 2.56. The first-order chi connectivity index (χ1) is 15.6. The van der Waals surface area contributed by atoms with Gasteiger partial charge in [0, 0.05) is 5.41 Å². The first-order valence-corrected chi connectivity index (χ1v) is 8.91. The normalized spacial score (nSPS) is 21.5. The summed E-state index contributed by atoms with van der Waals surface area (Å²) in [5.74, 6) is -21.9. The van der Waals surface area contributed by atoms with Crippen LogP contribution < -0.4 is 0 Å². The van der Waals surface area contributed by atoms with Crippen molar-refractivity contribution in [2.45, 2.75) is 61.7 Å². The highest BCUT2D eigenvalue weighted by molar-refractivity contribution is 4.95. The molecule has 0 spiro atoms. The van der Waals surface area contributed by atoms with Gasteiger partial charge in [-0.3, -0.25) is 9.47 Å². The third-order valence-corrected chi connectivity index (χ3v) is 4.71. The molecule has 0 bridgehead atoms. The molecule has 0 N–H and O–H groups in total. The fraction of sp³-hybridized carbons (Fsp3) is 1.00. The average Bonchev–Trinajstić information content (AvgIpc) is 2.60. The molecule has 21 heteroatoms. The second kappa shape index (κ2) is 9.44. The van der Waals surface area contributed by atoms with Crippen LogP contribution in [0.3, 0.4) is 0 Å². The van der Waals surface area contributed by atoms with E-state index < -0.39 is 67.0 Å². The lowest BCUT2D eigenvalue weighted by molar-refractivity contribution is -0.553. The van der Waals surface area contributed by atoms with Crippen LogP contribution in [0.15, 0.2) is 0 Å². The molecule has 0 aromatic heterocycles. The lowest BCUT2D eigenvalue weighted by Crippen LogP contribution is -2.67. The molecule has 0 aromatic carbocycles. The van der Waals surface area contributed by atoms with Gasteiger partial charge in [0.2, 0.25) is 0 Å². The number of ether oxygens (including phenoxy) is 4. The number of hydrogen-bond donors (Lipinski definition) is 0. The Bertz CT molecular complexity index is 751. The van der Waals surface area contributed by atoms with Gasteiger partial charge in [-0.2, -0.15) is 74.6 Å². The van der Waals surface area contributed by atoms with Crippen molar-refractivity contribution in [1.82, 2.24) is 0 Å². The molecule has 0 aliphatic carbocycles. The van der Waals surface area contributed by atoms with E-state index in [0.717, 1.165) is 0 Å². The van der Waals surface area contributed by atoms with Gasteiger partial charge in [0.25, 0.3) is 0 Å². The van der Waals surface area contributed by atoms with Crippen LogP contribution in [0, 0.1) is 5.41 Å². The van der Waals surface area contributed by atoms with E-state index in [4.69, 9.17) is 0 Å². The topological polar surface area (TPSA) is 36.9 Å². The summed E-state index contributed by atoms with van der Waals surface area (Å²) in [5.41, 5.74) is -1.11. The van der Waals surface area contributed by atoms with Crippen LogP contribution in [0.4, 0.5) is 74.6 Å². The molecule has 0 amide bonds. The minimum Gasteiger partial charge on any atom is -0.380 e. The molecule has 1 aliphatic heterocycles. The van der Waals surface area contributed by atoms with Crippen LogP contribution in [0.5, 0.6) is 0 Å². The molecule has 1 aliphatic rings. The van der Waals surface area contributed by atoms with Crippen molar-refractivity contribution in [1.29, 1.82) is 0 Å².